The van der Waals surface area contributed by atoms with Crippen molar-refractivity contribution in [2.45, 2.75) is 55.3 Å². The van der Waals surface area contributed by atoms with Crippen LogP contribution in [0.3, 0.4) is 0 Å². The lowest BCUT2D eigenvalue weighted by Gasteiger charge is -2.40. The normalized spacial score (nSPS) is 27.8. The fourth-order valence-corrected chi connectivity index (χ4v) is 7.16. The van der Waals surface area contributed by atoms with E-state index in [1.54, 1.807) is 19.9 Å². The molecule has 0 aromatic heterocycles. The summed E-state index contributed by atoms with van der Waals surface area (Å²) in [5.41, 5.74) is -0.110. The number of amides is 1. The molecule has 2 aromatic carbocycles. The molecule has 1 amide bonds. The molecule has 2 unspecified atom stereocenters. The van der Waals surface area contributed by atoms with Crippen LogP contribution < -0.4 is 5.32 Å². The van der Waals surface area contributed by atoms with Crippen LogP contribution in [0.15, 0.2) is 41.3 Å². The Morgan fingerprint density at radius 2 is 1.71 bits per heavy atom. The molecule has 4 rings (SSSR count). The number of rotatable bonds is 4. The highest BCUT2D eigenvalue weighted by Gasteiger charge is 2.53. The van der Waals surface area contributed by atoms with Crippen molar-refractivity contribution in [3.8, 4) is 0 Å². The maximum Gasteiger partial charge on any atom is 0.255 e. The highest BCUT2D eigenvalue weighted by atomic mass is 32.2. The molecule has 5 nitrogen and oxygen atoms in total. The Hall–Kier alpha value is -2.32. The average Bonchev–Trinajstić information content (AvgIpc) is 2.87. The lowest BCUT2D eigenvalue weighted by molar-refractivity contribution is -0.0413. The number of fused-ring (bicyclic) bond motifs is 2. The van der Waals surface area contributed by atoms with E-state index in [4.69, 9.17) is 0 Å². The van der Waals surface area contributed by atoms with Gasteiger partial charge in [-0.05, 0) is 81.2 Å². The van der Waals surface area contributed by atoms with Crippen LogP contribution in [0, 0.1) is 30.4 Å². The van der Waals surface area contributed by atoms with Crippen molar-refractivity contribution < 1.29 is 27.1 Å². The van der Waals surface area contributed by atoms with Gasteiger partial charge >= 0.3 is 0 Å². The maximum atomic E-state index is 13.4. The number of hydrogen-bond acceptors (Lipinski definition) is 4. The third-order valence-electron chi connectivity index (χ3n) is 6.98. The number of nitrogens with one attached hydrogen (secondary N) is 1. The van der Waals surface area contributed by atoms with Crippen LogP contribution in [0.4, 0.5) is 14.5 Å². The molecule has 0 radical (unpaired) electrons. The summed E-state index contributed by atoms with van der Waals surface area (Å²) in [5.74, 6) is -2.83. The zero-order valence-electron chi connectivity index (χ0n) is 17.4. The molecule has 166 valence electrons. The Morgan fingerprint density at radius 3 is 2.32 bits per heavy atom. The maximum absolute atomic E-state index is 13.4. The first-order valence-electron chi connectivity index (χ1n) is 10.3. The fraction of sp³-hybridized carbons (Fsp3) is 0.435. The molecule has 8 heteroatoms. The number of anilines is 1. The van der Waals surface area contributed by atoms with Crippen LogP contribution in [0.2, 0.25) is 0 Å². The molecule has 0 aliphatic heterocycles. The summed E-state index contributed by atoms with van der Waals surface area (Å²) in [7, 11) is -3.71. The topological polar surface area (TPSA) is 83.5 Å². The van der Waals surface area contributed by atoms with Gasteiger partial charge in [-0.1, -0.05) is 6.07 Å². The quantitative estimate of drug-likeness (QED) is 0.732. The summed E-state index contributed by atoms with van der Waals surface area (Å²) in [6, 6.07) is 7.41. The minimum Gasteiger partial charge on any atom is -0.390 e. The molecule has 2 aliphatic carbocycles. The molecule has 2 bridgehead atoms. The first-order chi connectivity index (χ1) is 14.5. The minimum atomic E-state index is -3.71. The van der Waals surface area contributed by atoms with Crippen molar-refractivity contribution in [2.24, 2.45) is 11.8 Å². The van der Waals surface area contributed by atoms with Crippen molar-refractivity contribution in [1.82, 2.24) is 0 Å². The van der Waals surface area contributed by atoms with E-state index >= 15 is 0 Å². The van der Waals surface area contributed by atoms with E-state index in [9.17, 15) is 27.1 Å². The average molecular weight is 450 g/mol. The van der Waals surface area contributed by atoms with E-state index in [1.165, 1.54) is 18.2 Å². The highest BCUT2D eigenvalue weighted by Crippen LogP contribution is 2.51. The Kier molecular flexibility index (Phi) is 5.42. The molecule has 2 N–H and O–H groups in total. The number of carbonyl (C=O) groups excluding carboxylic acids is 1. The number of sulfone groups is 1. The van der Waals surface area contributed by atoms with Gasteiger partial charge in [-0.15, -0.1) is 0 Å². The van der Waals surface area contributed by atoms with Gasteiger partial charge in [-0.3, -0.25) is 4.79 Å². The molecule has 0 heterocycles. The summed E-state index contributed by atoms with van der Waals surface area (Å²) < 4.78 is 53.4. The second-order valence-electron chi connectivity index (χ2n) is 8.90. The lowest BCUT2D eigenvalue weighted by atomic mass is 9.76. The first kappa shape index (κ1) is 21.9. The van der Waals surface area contributed by atoms with E-state index in [2.05, 4.69) is 5.32 Å². The van der Waals surface area contributed by atoms with Crippen LogP contribution in [0.1, 0.15) is 48.5 Å². The highest BCUT2D eigenvalue weighted by molar-refractivity contribution is 7.92. The van der Waals surface area contributed by atoms with Crippen LogP contribution in [-0.2, 0) is 9.84 Å². The van der Waals surface area contributed by atoms with Gasteiger partial charge < -0.3 is 10.4 Å². The third kappa shape index (κ3) is 3.87. The summed E-state index contributed by atoms with van der Waals surface area (Å²) in [4.78, 5) is 12.7. The summed E-state index contributed by atoms with van der Waals surface area (Å²) in [5, 5.41) is 12.5. The molecule has 0 spiro atoms. The number of carbonyl (C=O) groups is 1. The molecule has 2 aliphatic rings. The monoisotopic (exact) mass is 449 g/mol. The van der Waals surface area contributed by atoms with Crippen LogP contribution >= 0.6 is 0 Å². The third-order valence-corrected chi connectivity index (χ3v) is 9.30. The van der Waals surface area contributed by atoms with Crippen molar-refractivity contribution in [3.63, 3.8) is 0 Å². The van der Waals surface area contributed by atoms with E-state index in [0.717, 1.165) is 25.0 Å². The number of aryl methyl sites for hydroxylation is 1. The molecular formula is C23H25F2NO4S. The minimum absolute atomic E-state index is 0.0498. The molecular weight excluding hydrogens is 424 g/mol. The Bertz CT molecular complexity index is 1130. The van der Waals surface area contributed by atoms with Gasteiger partial charge in [0.2, 0.25) is 0 Å². The van der Waals surface area contributed by atoms with Crippen molar-refractivity contribution in [3.05, 3.63) is 59.2 Å². The van der Waals surface area contributed by atoms with Crippen molar-refractivity contribution in [1.29, 1.82) is 0 Å². The van der Waals surface area contributed by atoms with Gasteiger partial charge in [-0.2, -0.15) is 0 Å². The van der Waals surface area contributed by atoms with Gasteiger partial charge in [-0.25, -0.2) is 17.2 Å². The summed E-state index contributed by atoms with van der Waals surface area (Å²) >= 11 is 0. The zero-order chi connectivity index (χ0) is 22.6. The zero-order valence-corrected chi connectivity index (χ0v) is 18.2. The lowest BCUT2D eigenvalue weighted by Crippen LogP contribution is -2.45. The van der Waals surface area contributed by atoms with E-state index in [-0.39, 0.29) is 28.0 Å². The molecule has 31 heavy (non-hydrogen) atoms. The fourth-order valence-electron chi connectivity index (χ4n) is 5.02. The first-order valence-corrected chi connectivity index (χ1v) is 11.9. The van der Waals surface area contributed by atoms with Gasteiger partial charge in [0.1, 0.15) is 0 Å². The number of benzene rings is 2. The van der Waals surface area contributed by atoms with Crippen LogP contribution in [0.25, 0.3) is 0 Å². The Labute approximate surface area is 180 Å². The number of halogens is 2. The number of hydrogen-bond donors (Lipinski definition) is 2. The largest absolute Gasteiger partial charge is 0.390 e. The smallest absolute Gasteiger partial charge is 0.255 e. The van der Waals surface area contributed by atoms with Crippen LogP contribution in [0.5, 0.6) is 0 Å². The molecule has 2 saturated carbocycles. The molecule has 2 atom stereocenters. The number of aliphatic hydroxyl groups is 1. The van der Waals surface area contributed by atoms with E-state index in [0.29, 0.717) is 18.4 Å². The van der Waals surface area contributed by atoms with E-state index in [1.807, 2.05) is 0 Å². The van der Waals surface area contributed by atoms with E-state index < -0.39 is 38.2 Å². The Morgan fingerprint density at radius 1 is 1.06 bits per heavy atom. The predicted molar refractivity (Wildman–Crippen MR) is 113 cm³/mol. The summed E-state index contributed by atoms with van der Waals surface area (Å²) in [6.07, 6.45) is 2.44. The second kappa shape index (κ2) is 7.67. The van der Waals surface area contributed by atoms with Crippen LogP contribution in [-0.4, -0.2) is 30.3 Å². The second-order valence-corrected chi connectivity index (χ2v) is 11.1. The molecule has 2 fully saturated rings. The van der Waals surface area contributed by atoms with Gasteiger partial charge in [0.05, 0.1) is 15.7 Å². The SMILES string of the molecule is Cc1ccc(C(=O)Nc2ccc(F)c(F)c2)cc1S(=O)(=O)C1CC2CCC(C1)C2(C)O. The predicted octanol–water partition coefficient (Wildman–Crippen LogP) is 4.24. The molecule has 0 saturated heterocycles. The standard InChI is InChI=1S/C23H25F2NO4S/c1-13-3-4-14(22(27)26-17-7-8-19(24)20(25)12-17)9-21(13)31(29,30)18-10-15-5-6-16(11-18)23(15,2)28/h3-4,7-9,12,15-16,18,28H,5-6,10-11H2,1-2H3,(H,26,27). The molecule has 2 aromatic rings. The van der Waals surface area contributed by atoms with Gasteiger partial charge in [0.15, 0.2) is 21.5 Å². The van der Waals surface area contributed by atoms with Crippen molar-refractivity contribution >= 4 is 21.4 Å². The summed E-state index contributed by atoms with van der Waals surface area (Å²) in [6.45, 7) is 3.48. The van der Waals surface area contributed by atoms with Gasteiger partial charge in [0.25, 0.3) is 5.91 Å². The van der Waals surface area contributed by atoms with Gasteiger partial charge in [0, 0.05) is 17.3 Å². The van der Waals surface area contributed by atoms with Crippen molar-refractivity contribution in [2.75, 3.05) is 5.32 Å². The Balaban J connectivity index is 1.60.